The van der Waals surface area contributed by atoms with E-state index in [0.29, 0.717) is 6.04 Å². The Morgan fingerprint density at radius 2 is 2.39 bits per heavy atom. The highest BCUT2D eigenvalue weighted by Gasteiger charge is 2.24. The van der Waals surface area contributed by atoms with Gasteiger partial charge in [0.2, 0.25) is 0 Å². The third-order valence-corrected chi connectivity index (χ3v) is 5.02. The summed E-state index contributed by atoms with van der Waals surface area (Å²) >= 11 is 3.41. The Morgan fingerprint density at radius 3 is 3.17 bits per heavy atom. The van der Waals surface area contributed by atoms with E-state index >= 15 is 0 Å². The first kappa shape index (κ1) is 12.3. The second-order valence-electron chi connectivity index (χ2n) is 4.61. The topological polar surface area (TPSA) is 36.4 Å². The van der Waals surface area contributed by atoms with Gasteiger partial charge in [-0.1, -0.05) is 0 Å². The molecule has 3 nitrogen and oxygen atoms in total. The van der Waals surface area contributed by atoms with E-state index in [0.717, 1.165) is 30.2 Å². The largest absolute Gasteiger partial charge is 0.395 e. The molecule has 5 heteroatoms. The average molecular weight is 280 g/mol. The lowest BCUT2D eigenvalue weighted by molar-refractivity contribution is 0.152. The molecule has 1 aliphatic heterocycles. The zero-order chi connectivity index (χ0) is 12.4. The normalized spacial score (nSPS) is 20.6. The fourth-order valence-electron chi connectivity index (χ4n) is 2.42. The molecular formula is C13H16N2OS2. The Morgan fingerprint density at radius 1 is 1.44 bits per heavy atom. The lowest BCUT2D eigenvalue weighted by Gasteiger charge is -2.21. The highest BCUT2D eigenvalue weighted by molar-refractivity contribution is 7.14. The number of nitrogens with zero attached hydrogens (tertiary/aromatic N) is 2. The Hall–Kier alpha value is -0.750. The van der Waals surface area contributed by atoms with Gasteiger partial charge in [0.15, 0.2) is 0 Å². The Bertz CT molecular complexity index is 495. The molecule has 0 amide bonds. The van der Waals surface area contributed by atoms with Gasteiger partial charge in [0, 0.05) is 28.9 Å². The summed E-state index contributed by atoms with van der Waals surface area (Å²) in [6.07, 6.45) is 2.30. The molecule has 3 rings (SSSR count). The van der Waals surface area contributed by atoms with Gasteiger partial charge in [-0.15, -0.1) is 11.3 Å². The summed E-state index contributed by atoms with van der Waals surface area (Å²) in [6.45, 7) is 2.21. The van der Waals surface area contributed by atoms with E-state index in [1.54, 1.807) is 22.7 Å². The number of likely N-dealkylation sites (tertiary alicyclic amines) is 1. The molecular weight excluding hydrogens is 264 g/mol. The Labute approximate surface area is 115 Å². The molecule has 1 fully saturated rings. The summed E-state index contributed by atoms with van der Waals surface area (Å²) in [4.78, 5) is 7.03. The molecule has 96 valence electrons. The molecule has 18 heavy (non-hydrogen) atoms. The monoisotopic (exact) mass is 280 g/mol. The van der Waals surface area contributed by atoms with Gasteiger partial charge in [0.25, 0.3) is 0 Å². The van der Waals surface area contributed by atoms with Crippen molar-refractivity contribution in [2.75, 3.05) is 13.2 Å². The highest BCUT2D eigenvalue weighted by Crippen LogP contribution is 2.27. The number of aromatic nitrogens is 1. The minimum atomic E-state index is 0.265. The van der Waals surface area contributed by atoms with Crippen LogP contribution in [0.3, 0.4) is 0 Å². The number of hydrogen-bond acceptors (Lipinski definition) is 5. The summed E-state index contributed by atoms with van der Waals surface area (Å²) in [7, 11) is 0. The van der Waals surface area contributed by atoms with Crippen molar-refractivity contribution in [3.8, 4) is 10.6 Å². The SMILES string of the molecule is OCC1CCCN1Cc1csc(-c2ccsc2)n1. The molecule has 1 atom stereocenters. The maximum Gasteiger partial charge on any atom is 0.124 e. The molecule has 0 aromatic carbocycles. The maximum atomic E-state index is 9.31. The smallest absolute Gasteiger partial charge is 0.124 e. The second kappa shape index (κ2) is 5.48. The van der Waals surface area contributed by atoms with Crippen molar-refractivity contribution in [3.05, 3.63) is 27.9 Å². The first-order chi connectivity index (χ1) is 8.86. The average Bonchev–Trinajstić information content (AvgIpc) is 3.10. The zero-order valence-corrected chi connectivity index (χ0v) is 11.7. The van der Waals surface area contributed by atoms with Gasteiger partial charge >= 0.3 is 0 Å². The van der Waals surface area contributed by atoms with Crippen LogP contribution in [0, 0.1) is 0 Å². The summed E-state index contributed by atoms with van der Waals surface area (Å²) in [5.74, 6) is 0. The molecule has 2 aromatic rings. The van der Waals surface area contributed by atoms with Gasteiger partial charge < -0.3 is 5.11 Å². The fourth-order valence-corrected chi connectivity index (χ4v) is 3.94. The molecule has 1 N–H and O–H groups in total. The summed E-state index contributed by atoms with van der Waals surface area (Å²) in [6, 6.07) is 2.44. The van der Waals surface area contributed by atoms with E-state index in [1.165, 1.54) is 12.0 Å². The number of hydrogen-bond donors (Lipinski definition) is 1. The third kappa shape index (κ3) is 2.49. The Balaban J connectivity index is 1.70. The number of thiazole rings is 1. The van der Waals surface area contributed by atoms with E-state index in [4.69, 9.17) is 0 Å². The van der Waals surface area contributed by atoms with Crippen LogP contribution < -0.4 is 0 Å². The molecule has 0 saturated carbocycles. The van der Waals surface area contributed by atoms with Crippen LogP contribution in [-0.4, -0.2) is 34.2 Å². The van der Waals surface area contributed by atoms with Crippen LogP contribution in [0.1, 0.15) is 18.5 Å². The maximum absolute atomic E-state index is 9.31. The summed E-state index contributed by atoms with van der Waals surface area (Å²) < 4.78 is 0. The van der Waals surface area contributed by atoms with Crippen LogP contribution in [0.4, 0.5) is 0 Å². The van der Waals surface area contributed by atoms with Crippen LogP contribution in [0.2, 0.25) is 0 Å². The molecule has 2 aromatic heterocycles. The number of aliphatic hydroxyl groups excluding tert-OH is 1. The van der Waals surface area contributed by atoms with Gasteiger partial charge in [0.1, 0.15) is 5.01 Å². The van der Waals surface area contributed by atoms with E-state index in [1.807, 2.05) is 0 Å². The Kier molecular flexibility index (Phi) is 3.75. The minimum absolute atomic E-state index is 0.265. The first-order valence-electron chi connectivity index (χ1n) is 6.18. The molecule has 0 aliphatic carbocycles. The fraction of sp³-hybridized carbons (Fsp3) is 0.462. The molecule has 1 saturated heterocycles. The van der Waals surface area contributed by atoms with E-state index in [2.05, 4.69) is 32.1 Å². The van der Waals surface area contributed by atoms with E-state index in [-0.39, 0.29) is 6.61 Å². The lowest BCUT2D eigenvalue weighted by Crippen LogP contribution is -2.31. The highest BCUT2D eigenvalue weighted by atomic mass is 32.1. The van der Waals surface area contributed by atoms with Crippen molar-refractivity contribution in [1.82, 2.24) is 9.88 Å². The quantitative estimate of drug-likeness (QED) is 0.935. The van der Waals surface area contributed by atoms with Crippen molar-refractivity contribution in [2.24, 2.45) is 0 Å². The lowest BCUT2D eigenvalue weighted by atomic mass is 10.2. The van der Waals surface area contributed by atoms with Gasteiger partial charge in [0.05, 0.1) is 12.3 Å². The number of aliphatic hydroxyl groups is 1. The number of rotatable bonds is 4. The van der Waals surface area contributed by atoms with E-state index in [9.17, 15) is 5.11 Å². The van der Waals surface area contributed by atoms with Crippen LogP contribution in [-0.2, 0) is 6.54 Å². The predicted molar refractivity (Wildman–Crippen MR) is 75.9 cm³/mol. The third-order valence-electron chi connectivity index (χ3n) is 3.39. The summed E-state index contributed by atoms with van der Waals surface area (Å²) in [5, 5.41) is 16.8. The van der Waals surface area contributed by atoms with E-state index < -0.39 is 0 Å². The molecule has 1 aliphatic rings. The van der Waals surface area contributed by atoms with Crippen molar-refractivity contribution in [1.29, 1.82) is 0 Å². The molecule has 1 unspecified atom stereocenters. The second-order valence-corrected chi connectivity index (χ2v) is 6.24. The number of thiophene rings is 1. The van der Waals surface area contributed by atoms with Crippen molar-refractivity contribution >= 4 is 22.7 Å². The minimum Gasteiger partial charge on any atom is -0.395 e. The van der Waals surface area contributed by atoms with Crippen LogP contribution in [0.25, 0.3) is 10.6 Å². The van der Waals surface area contributed by atoms with Crippen molar-refractivity contribution in [2.45, 2.75) is 25.4 Å². The van der Waals surface area contributed by atoms with Gasteiger partial charge in [-0.25, -0.2) is 4.98 Å². The molecule has 0 spiro atoms. The molecule has 3 heterocycles. The van der Waals surface area contributed by atoms with Gasteiger partial charge in [-0.2, -0.15) is 11.3 Å². The summed E-state index contributed by atoms with van der Waals surface area (Å²) in [5.41, 5.74) is 2.35. The van der Waals surface area contributed by atoms with Crippen LogP contribution >= 0.6 is 22.7 Å². The molecule has 0 bridgehead atoms. The molecule has 0 radical (unpaired) electrons. The van der Waals surface area contributed by atoms with Crippen LogP contribution in [0.15, 0.2) is 22.2 Å². The first-order valence-corrected chi connectivity index (χ1v) is 8.01. The van der Waals surface area contributed by atoms with Gasteiger partial charge in [-0.05, 0) is 30.8 Å². The van der Waals surface area contributed by atoms with Gasteiger partial charge in [-0.3, -0.25) is 4.90 Å². The van der Waals surface area contributed by atoms with Crippen molar-refractivity contribution in [3.63, 3.8) is 0 Å². The predicted octanol–water partition coefficient (Wildman–Crippen LogP) is 2.83. The standard InChI is InChI=1S/C13H16N2OS2/c16-7-12-2-1-4-15(12)6-11-9-18-13(14-11)10-3-5-17-8-10/h3,5,8-9,12,16H,1-2,4,6-7H2. The van der Waals surface area contributed by atoms with Crippen LogP contribution in [0.5, 0.6) is 0 Å². The zero-order valence-electron chi connectivity index (χ0n) is 10.1. The van der Waals surface area contributed by atoms with Crippen molar-refractivity contribution < 1.29 is 5.11 Å².